The van der Waals surface area contributed by atoms with Gasteiger partial charge in [0.2, 0.25) is 0 Å². The molecule has 0 aliphatic heterocycles. The fraction of sp³-hybridized carbons (Fsp3) is 0.318. The zero-order chi connectivity index (χ0) is 24.2. The molecule has 2 aromatic carbocycles. The molecule has 0 aliphatic rings. The van der Waals surface area contributed by atoms with Crippen molar-refractivity contribution in [2.75, 3.05) is 23.6 Å². The van der Waals surface area contributed by atoms with Crippen molar-refractivity contribution in [1.82, 2.24) is 9.88 Å². The molecule has 0 saturated heterocycles. The molecule has 0 unspecified atom stereocenters. The van der Waals surface area contributed by atoms with E-state index in [2.05, 4.69) is 29.0 Å². The van der Waals surface area contributed by atoms with Crippen LogP contribution in [0.4, 0.5) is 24.7 Å². The summed E-state index contributed by atoms with van der Waals surface area (Å²) >= 11 is 1.13. The molecule has 0 spiro atoms. The van der Waals surface area contributed by atoms with Crippen LogP contribution in [0.2, 0.25) is 0 Å². The maximum Gasteiger partial charge on any atom is 0.268 e. The average Bonchev–Trinajstić information content (AvgIpc) is 3.18. The molecule has 2 N–H and O–H groups in total. The van der Waals surface area contributed by atoms with E-state index in [1.807, 2.05) is 11.8 Å². The van der Waals surface area contributed by atoms with E-state index in [4.69, 9.17) is 0 Å². The molecule has 6 nitrogen and oxygen atoms in total. The zero-order valence-electron chi connectivity index (χ0n) is 18.4. The van der Waals surface area contributed by atoms with Crippen LogP contribution in [0.1, 0.15) is 25.0 Å². The number of nitrogens with zero attached hydrogens (tertiary/aromatic N) is 2. The summed E-state index contributed by atoms with van der Waals surface area (Å²) < 4.78 is 70.6. The minimum atomic E-state index is -4.51. The third-order valence-corrected chi connectivity index (χ3v) is 6.73. The molecule has 0 bridgehead atoms. The van der Waals surface area contributed by atoms with Gasteiger partial charge in [0.1, 0.15) is 17.5 Å². The van der Waals surface area contributed by atoms with Crippen molar-refractivity contribution in [3.05, 3.63) is 69.8 Å². The van der Waals surface area contributed by atoms with Gasteiger partial charge in [-0.3, -0.25) is 4.72 Å². The number of thiazole rings is 1. The van der Waals surface area contributed by atoms with Gasteiger partial charge in [0.15, 0.2) is 10.7 Å². The number of sulfonamides is 1. The van der Waals surface area contributed by atoms with E-state index in [0.717, 1.165) is 35.6 Å². The fourth-order valence-corrected chi connectivity index (χ4v) is 5.17. The van der Waals surface area contributed by atoms with E-state index in [1.54, 1.807) is 12.1 Å². The predicted molar refractivity (Wildman–Crippen MR) is 124 cm³/mol. The molecule has 3 aromatic rings. The van der Waals surface area contributed by atoms with E-state index in [1.165, 1.54) is 17.0 Å². The lowest BCUT2D eigenvalue weighted by Gasteiger charge is -2.21. The van der Waals surface area contributed by atoms with Crippen molar-refractivity contribution in [3.63, 3.8) is 0 Å². The SMILES string of the molecule is CC(C)CN(C)Cc1cccc(F)c1CNc1cc(F)c(S(=O)(=O)Nc2cscn2)c(F)c1. The number of nitrogens with one attached hydrogen (secondary N) is 2. The molecule has 11 heteroatoms. The Morgan fingerprint density at radius 1 is 1.12 bits per heavy atom. The lowest BCUT2D eigenvalue weighted by molar-refractivity contribution is 0.287. The summed E-state index contributed by atoms with van der Waals surface area (Å²) in [6.45, 7) is 5.48. The highest BCUT2D eigenvalue weighted by atomic mass is 32.2. The number of aromatic nitrogens is 1. The molecule has 1 aromatic heterocycles. The molecule has 0 amide bonds. The van der Waals surface area contributed by atoms with E-state index in [-0.39, 0.29) is 18.1 Å². The summed E-state index contributed by atoms with van der Waals surface area (Å²) in [5.74, 6) is -2.58. The van der Waals surface area contributed by atoms with Crippen LogP contribution in [0.5, 0.6) is 0 Å². The van der Waals surface area contributed by atoms with Crippen LogP contribution in [0.25, 0.3) is 0 Å². The Morgan fingerprint density at radius 2 is 1.82 bits per heavy atom. The summed E-state index contributed by atoms with van der Waals surface area (Å²) in [7, 11) is -2.58. The van der Waals surface area contributed by atoms with Crippen molar-refractivity contribution in [1.29, 1.82) is 0 Å². The lowest BCUT2D eigenvalue weighted by atomic mass is 10.1. The molecule has 0 fully saturated rings. The third kappa shape index (κ3) is 6.46. The summed E-state index contributed by atoms with van der Waals surface area (Å²) in [6.07, 6.45) is 0. The van der Waals surface area contributed by atoms with E-state index in [9.17, 15) is 21.6 Å². The highest BCUT2D eigenvalue weighted by Gasteiger charge is 2.26. The number of anilines is 2. The maximum atomic E-state index is 14.6. The van der Waals surface area contributed by atoms with Gasteiger partial charge in [-0.05, 0) is 36.7 Å². The van der Waals surface area contributed by atoms with Crippen LogP contribution in [-0.4, -0.2) is 31.9 Å². The predicted octanol–water partition coefficient (Wildman–Crippen LogP) is 5.06. The second kappa shape index (κ2) is 10.5. The van der Waals surface area contributed by atoms with Gasteiger partial charge in [-0.1, -0.05) is 26.0 Å². The minimum Gasteiger partial charge on any atom is -0.381 e. The number of rotatable bonds is 10. The van der Waals surface area contributed by atoms with E-state index < -0.39 is 32.4 Å². The Bertz CT molecular complexity index is 1180. The van der Waals surface area contributed by atoms with Gasteiger partial charge in [0.05, 0.1) is 5.51 Å². The molecular weight excluding hydrogens is 473 g/mol. The fourth-order valence-electron chi connectivity index (χ4n) is 3.49. The summed E-state index contributed by atoms with van der Waals surface area (Å²) in [6, 6.07) is 6.47. The van der Waals surface area contributed by atoms with Crippen molar-refractivity contribution in [2.24, 2.45) is 5.92 Å². The van der Waals surface area contributed by atoms with Crippen LogP contribution in [-0.2, 0) is 23.1 Å². The summed E-state index contributed by atoms with van der Waals surface area (Å²) in [5, 5.41) is 4.19. The van der Waals surface area contributed by atoms with Crippen molar-refractivity contribution in [3.8, 4) is 0 Å². The van der Waals surface area contributed by atoms with Crippen LogP contribution >= 0.6 is 11.3 Å². The largest absolute Gasteiger partial charge is 0.381 e. The summed E-state index contributed by atoms with van der Waals surface area (Å²) in [5.41, 5.74) is 2.49. The van der Waals surface area contributed by atoms with Gasteiger partial charge in [-0.25, -0.2) is 26.6 Å². The Labute approximate surface area is 195 Å². The molecule has 0 aliphatic carbocycles. The Morgan fingerprint density at radius 3 is 2.42 bits per heavy atom. The van der Waals surface area contributed by atoms with Gasteiger partial charge >= 0.3 is 0 Å². The van der Waals surface area contributed by atoms with Crippen LogP contribution in [0, 0.1) is 23.4 Å². The van der Waals surface area contributed by atoms with Crippen LogP contribution in [0.15, 0.2) is 46.1 Å². The normalized spacial score (nSPS) is 11.9. The standard InChI is InChI=1S/C22H25F3N4O2S2/c1-14(2)10-29(3)11-15-5-4-6-18(23)17(15)9-26-16-7-19(24)22(20(25)8-16)33(30,31)28-21-12-32-13-27-21/h4-8,12-14,26,28H,9-11H2,1-3H3. The molecule has 178 valence electrons. The second-order valence-electron chi connectivity index (χ2n) is 8.07. The highest BCUT2D eigenvalue weighted by molar-refractivity contribution is 7.92. The van der Waals surface area contributed by atoms with E-state index in [0.29, 0.717) is 18.0 Å². The average molecular weight is 499 g/mol. The van der Waals surface area contributed by atoms with Gasteiger partial charge < -0.3 is 10.2 Å². The molecule has 0 atom stereocenters. The molecule has 0 radical (unpaired) electrons. The van der Waals surface area contributed by atoms with Crippen molar-refractivity contribution >= 4 is 32.9 Å². The van der Waals surface area contributed by atoms with Crippen molar-refractivity contribution in [2.45, 2.75) is 31.8 Å². The maximum absolute atomic E-state index is 14.6. The molecule has 33 heavy (non-hydrogen) atoms. The quantitative estimate of drug-likeness (QED) is 0.409. The second-order valence-corrected chi connectivity index (χ2v) is 10.4. The first-order valence-corrected chi connectivity index (χ1v) is 12.6. The summed E-state index contributed by atoms with van der Waals surface area (Å²) in [4.78, 5) is 4.71. The van der Waals surface area contributed by atoms with Crippen LogP contribution < -0.4 is 10.0 Å². The van der Waals surface area contributed by atoms with Crippen LogP contribution in [0.3, 0.4) is 0 Å². The minimum absolute atomic E-state index is 0.0117. The van der Waals surface area contributed by atoms with E-state index >= 15 is 0 Å². The number of hydrogen-bond acceptors (Lipinski definition) is 6. The Hall–Kier alpha value is -2.63. The zero-order valence-corrected chi connectivity index (χ0v) is 20.0. The molecule has 3 rings (SSSR count). The van der Waals surface area contributed by atoms with Gasteiger partial charge in [-0.15, -0.1) is 11.3 Å². The number of halogens is 3. The Kier molecular flexibility index (Phi) is 7.98. The van der Waals surface area contributed by atoms with Crippen molar-refractivity contribution < 1.29 is 21.6 Å². The Balaban J connectivity index is 1.79. The number of benzene rings is 2. The van der Waals surface area contributed by atoms with Gasteiger partial charge in [-0.2, -0.15) is 0 Å². The first kappa shape index (κ1) is 25.0. The highest BCUT2D eigenvalue weighted by Crippen LogP contribution is 2.26. The van der Waals surface area contributed by atoms with Gasteiger partial charge in [0, 0.05) is 36.3 Å². The first-order chi connectivity index (χ1) is 15.6. The molecule has 1 heterocycles. The molecular formula is C22H25F3N4O2S2. The lowest BCUT2D eigenvalue weighted by Crippen LogP contribution is -2.24. The third-order valence-electron chi connectivity index (χ3n) is 4.74. The first-order valence-electron chi connectivity index (χ1n) is 10.2. The monoisotopic (exact) mass is 498 g/mol. The number of hydrogen-bond donors (Lipinski definition) is 2. The topological polar surface area (TPSA) is 74.3 Å². The smallest absolute Gasteiger partial charge is 0.268 e. The van der Waals surface area contributed by atoms with Gasteiger partial charge in [0.25, 0.3) is 10.0 Å². The molecule has 0 saturated carbocycles.